The normalized spacial score (nSPS) is 23.1. The van der Waals surface area contributed by atoms with Crippen LogP contribution < -0.4 is 5.32 Å². The maximum absolute atomic E-state index is 12.3. The molecule has 24 heavy (non-hydrogen) atoms. The van der Waals surface area contributed by atoms with E-state index in [0.29, 0.717) is 19.3 Å². The highest BCUT2D eigenvalue weighted by Gasteiger charge is 2.36. The maximum Gasteiger partial charge on any atom is 0.458 e. The molecule has 1 aromatic carbocycles. The number of hydrogen-bond acceptors (Lipinski definition) is 5. The Labute approximate surface area is 141 Å². The molecular weight excluding hydrogens is 309 g/mol. The van der Waals surface area contributed by atoms with E-state index in [1.54, 1.807) is 0 Å². The van der Waals surface area contributed by atoms with E-state index in [9.17, 15) is 14.6 Å². The maximum atomic E-state index is 12.3. The zero-order chi connectivity index (χ0) is 17.1. The summed E-state index contributed by atoms with van der Waals surface area (Å²) in [5.41, 5.74) is 3.53. The van der Waals surface area contributed by atoms with Crippen LogP contribution in [0.25, 0.3) is 0 Å². The van der Waals surface area contributed by atoms with Crippen molar-refractivity contribution in [3.05, 3.63) is 34.9 Å². The van der Waals surface area contributed by atoms with E-state index in [4.69, 9.17) is 9.76 Å². The molecule has 1 saturated heterocycles. The molecule has 2 aliphatic rings. The molecule has 1 fully saturated rings. The lowest BCUT2D eigenvalue weighted by atomic mass is 9.64. The number of rotatable bonds is 6. The summed E-state index contributed by atoms with van der Waals surface area (Å²) in [4.78, 5) is 23.0. The molecule has 0 unspecified atom stereocenters. The summed E-state index contributed by atoms with van der Waals surface area (Å²) in [5, 5.41) is 22.1. The fraction of sp³-hybridized carbons (Fsp3) is 0.529. The molecule has 0 saturated carbocycles. The average Bonchev–Trinajstić information content (AvgIpc) is 2.97. The van der Waals surface area contributed by atoms with Crippen molar-refractivity contribution in [3.8, 4) is 0 Å². The van der Waals surface area contributed by atoms with Gasteiger partial charge in [0, 0.05) is 31.7 Å². The molecule has 0 bridgehead atoms. The molecular formula is C17H22BNO5. The van der Waals surface area contributed by atoms with E-state index in [2.05, 4.69) is 17.4 Å². The predicted octanol–water partition coefficient (Wildman–Crippen LogP) is 1.30. The summed E-state index contributed by atoms with van der Waals surface area (Å²) in [7, 11) is -1.06. The zero-order valence-electron chi connectivity index (χ0n) is 13.5. The smallest absolute Gasteiger partial charge is 0.458 e. The highest BCUT2D eigenvalue weighted by Crippen LogP contribution is 2.31. The van der Waals surface area contributed by atoms with Gasteiger partial charge in [-0.3, -0.25) is 9.59 Å². The Balaban J connectivity index is 1.51. The first kappa shape index (κ1) is 17.1. The summed E-state index contributed by atoms with van der Waals surface area (Å²) < 4.78 is 5.34. The molecule has 2 heterocycles. The lowest BCUT2D eigenvalue weighted by Gasteiger charge is -2.30. The minimum Gasteiger partial charge on any atom is -0.481 e. The molecule has 0 aliphatic carbocycles. The van der Waals surface area contributed by atoms with Crippen LogP contribution in [0.4, 0.5) is 0 Å². The first-order chi connectivity index (χ1) is 11.5. The molecule has 6 nitrogen and oxygen atoms in total. The lowest BCUT2D eigenvalue weighted by Crippen LogP contribution is -2.38. The third kappa shape index (κ3) is 4.23. The molecule has 0 spiro atoms. The number of benzene rings is 1. The lowest BCUT2D eigenvalue weighted by molar-refractivity contribution is -0.139. The van der Waals surface area contributed by atoms with Gasteiger partial charge >= 0.3 is 13.1 Å². The first-order valence-corrected chi connectivity index (χ1v) is 8.39. The number of hydrogen-bond donors (Lipinski definition) is 3. The summed E-state index contributed by atoms with van der Waals surface area (Å²) in [5.74, 6) is -1.11. The van der Waals surface area contributed by atoms with Gasteiger partial charge in [-0.05, 0) is 29.5 Å². The van der Waals surface area contributed by atoms with Crippen molar-refractivity contribution in [2.45, 2.75) is 57.1 Å². The monoisotopic (exact) mass is 331 g/mol. The van der Waals surface area contributed by atoms with Gasteiger partial charge in [0.15, 0.2) is 0 Å². The van der Waals surface area contributed by atoms with Gasteiger partial charge in [-0.15, -0.1) is 0 Å². The molecule has 1 aromatic rings. The van der Waals surface area contributed by atoms with Crippen molar-refractivity contribution in [3.63, 3.8) is 0 Å². The van der Waals surface area contributed by atoms with Crippen LogP contribution in [0.1, 0.15) is 42.4 Å². The van der Waals surface area contributed by atoms with Gasteiger partial charge < -0.3 is 20.1 Å². The summed E-state index contributed by atoms with van der Waals surface area (Å²) >= 11 is 0. The number of carbonyl (C=O) groups is 2. The van der Waals surface area contributed by atoms with Crippen molar-refractivity contribution in [2.24, 2.45) is 0 Å². The van der Waals surface area contributed by atoms with Crippen LogP contribution in [0.5, 0.6) is 0 Å². The zero-order valence-corrected chi connectivity index (χ0v) is 13.5. The van der Waals surface area contributed by atoms with Gasteiger partial charge in [-0.2, -0.15) is 0 Å². The number of carboxylic acids is 1. The highest BCUT2D eigenvalue weighted by molar-refractivity contribution is 6.45. The van der Waals surface area contributed by atoms with Crippen LogP contribution in [-0.4, -0.2) is 35.1 Å². The molecule has 3 N–H and O–H groups in total. The molecule has 0 radical (unpaired) electrons. The van der Waals surface area contributed by atoms with Gasteiger partial charge in [0.2, 0.25) is 0 Å². The largest absolute Gasteiger partial charge is 0.481 e. The Bertz CT molecular complexity index is 635. The molecule has 2 atom stereocenters. The minimum absolute atomic E-state index is 0.0743. The van der Waals surface area contributed by atoms with Crippen molar-refractivity contribution >= 4 is 18.9 Å². The van der Waals surface area contributed by atoms with Crippen molar-refractivity contribution in [1.29, 1.82) is 0 Å². The second-order valence-corrected chi connectivity index (χ2v) is 6.71. The number of aliphatic carboxylic acids is 1. The van der Waals surface area contributed by atoms with E-state index in [1.165, 1.54) is 11.1 Å². The minimum atomic E-state index is -1.06. The average molecular weight is 331 g/mol. The molecule has 0 aromatic heterocycles. The number of carboxylic acid groups (broad SMARTS) is 1. The molecule has 2 aliphatic heterocycles. The van der Waals surface area contributed by atoms with Crippen LogP contribution >= 0.6 is 0 Å². The summed E-state index contributed by atoms with van der Waals surface area (Å²) in [6, 6.07) is 6.12. The quantitative estimate of drug-likeness (QED) is 0.680. The number of nitrogens with one attached hydrogen (secondary N) is 1. The van der Waals surface area contributed by atoms with Gasteiger partial charge in [0.1, 0.15) is 5.78 Å². The fourth-order valence-electron chi connectivity index (χ4n) is 3.52. The van der Waals surface area contributed by atoms with E-state index in [1.807, 2.05) is 6.07 Å². The summed E-state index contributed by atoms with van der Waals surface area (Å²) in [6.45, 7) is 1.73. The molecule has 3 rings (SSSR count). The Morgan fingerprint density at radius 3 is 2.75 bits per heavy atom. The first-order valence-electron chi connectivity index (χ1n) is 8.39. The second kappa shape index (κ2) is 7.46. The molecule has 7 heteroatoms. The van der Waals surface area contributed by atoms with Crippen molar-refractivity contribution < 1.29 is 24.4 Å². The van der Waals surface area contributed by atoms with Crippen LogP contribution in [0.2, 0.25) is 5.82 Å². The third-order valence-corrected chi connectivity index (χ3v) is 4.79. The van der Waals surface area contributed by atoms with E-state index >= 15 is 0 Å². The standard InChI is InChI=1S/C17H22BNO5/c20-15(6-11-1-2-12-9-19-10-13(12)5-11)7-14-3-4-16(8-17(21)22)24-18(14)23/h1-2,5,14,16,19,23H,3-4,6-10H2,(H,21,22)/t14-,16+/m1/s1. The fourth-order valence-corrected chi connectivity index (χ4v) is 3.52. The van der Waals surface area contributed by atoms with Crippen molar-refractivity contribution in [2.75, 3.05) is 0 Å². The Morgan fingerprint density at radius 1 is 1.21 bits per heavy atom. The van der Waals surface area contributed by atoms with Crippen LogP contribution in [0.15, 0.2) is 18.2 Å². The van der Waals surface area contributed by atoms with Crippen LogP contribution in [-0.2, 0) is 33.8 Å². The Kier molecular flexibility index (Phi) is 5.33. The predicted molar refractivity (Wildman–Crippen MR) is 88.4 cm³/mol. The Hall–Kier alpha value is -1.70. The topological polar surface area (TPSA) is 95.9 Å². The highest BCUT2D eigenvalue weighted by atomic mass is 16.5. The van der Waals surface area contributed by atoms with Crippen LogP contribution in [0.3, 0.4) is 0 Å². The van der Waals surface area contributed by atoms with Gasteiger partial charge in [0.25, 0.3) is 0 Å². The van der Waals surface area contributed by atoms with E-state index in [-0.39, 0.29) is 24.4 Å². The number of carbonyl (C=O) groups excluding carboxylic acids is 1. The number of Topliss-reactive ketones (excluding diaryl/α,β-unsaturated/α-hetero) is 1. The SMILES string of the molecule is O=C(O)C[C@@H]1CC[C@H](CC(=O)Cc2ccc3c(c2)CNC3)B(O)O1. The van der Waals surface area contributed by atoms with Gasteiger partial charge in [-0.1, -0.05) is 18.2 Å². The second-order valence-electron chi connectivity index (χ2n) is 6.71. The van der Waals surface area contributed by atoms with Gasteiger partial charge in [0.05, 0.1) is 12.5 Å². The van der Waals surface area contributed by atoms with Crippen molar-refractivity contribution in [1.82, 2.24) is 5.32 Å². The van der Waals surface area contributed by atoms with E-state index < -0.39 is 19.2 Å². The molecule has 128 valence electrons. The van der Waals surface area contributed by atoms with Crippen LogP contribution in [0, 0.1) is 0 Å². The number of ketones is 1. The number of fused-ring (bicyclic) bond motifs is 1. The Morgan fingerprint density at radius 2 is 2.00 bits per heavy atom. The summed E-state index contributed by atoms with van der Waals surface area (Å²) in [6.07, 6.45) is 1.21. The molecule has 0 amide bonds. The third-order valence-electron chi connectivity index (χ3n) is 4.79. The van der Waals surface area contributed by atoms with E-state index in [0.717, 1.165) is 18.7 Å². The van der Waals surface area contributed by atoms with Gasteiger partial charge in [-0.25, -0.2) is 0 Å².